The van der Waals surface area contributed by atoms with Gasteiger partial charge in [-0.25, -0.2) is 0 Å². The number of rotatable bonds is 0. The van der Waals surface area contributed by atoms with Crippen molar-refractivity contribution in [3.63, 3.8) is 0 Å². The van der Waals surface area contributed by atoms with Crippen LogP contribution in [0.1, 0.15) is 0 Å². The van der Waals surface area contributed by atoms with E-state index < -0.39 is 0 Å². The SMILES string of the molecule is [BH3-]N.[BH3-]N.[BH3-]N.[BH3-][NH3+].[K+].[K+].[Mg+2]. The van der Waals surface area contributed by atoms with E-state index in [1.165, 1.54) is 0 Å². The van der Waals surface area contributed by atoms with Crippen molar-refractivity contribution in [1.29, 1.82) is 0 Å². The van der Waals surface area contributed by atoms with Crippen LogP contribution in [0.3, 0.4) is 0 Å². The summed E-state index contributed by atoms with van der Waals surface area (Å²) in [6, 6.07) is 0. The molecule has 0 spiro atoms. The molecule has 0 bridgehead atoms. The average Bonchev–Trinajstić information content (AvgIpc) is 2.03. The van der Waals surface area contributed by atoms with Crippen LogP contribution >= 0.6 is 0 Å². The minimum Gasteiger partial charge on any atom is -0.555 e. The third-order valence-electron chi connectivity index (χ3n) is 0. The fourth-order valence-corrected chi connectivity index (χ4v) is 0. The third kappa shape index (κ3) is 122. The quantitative estimate of drug-likeness (QED) is 0.306. The molecule has 0 rings (SSSR count). The van der Waals surface area contributed by atoms with Crippen LogP contribution in [0.2, 0.25) is 0 Å². The molecule has 0 aromatic heterocycles. The minimum absolute atomic E-state index is 0. The molecule has 56 valence electrons. The first-order valence-corrected chi connectivity index (χ1v) is 0. The summed E-state index contributed by atoms with van der Waals surface area (Å²) in [7, 11) is 1.25. The van der Waals surface area contributed by atoms with Gasteiger partial charge in [-0.3, -0.25) is 0 Å². The Bertz CT molecular complexity index is 20.1. The van der Waals surface area contributed by atoms with Gasteiger partial charge in [0.2, 0.25) is 0 Å². The maximum Gasteiger partial charge on any atom is 2.00 e. The summed E-state index contributed by atoms with van der Waals surface area (Å²) < 4.78 is 0. The molecular weight excluding hydrogens is 202 g/mol. The molecular formula is H21B4K2MgN4+. The number of hydrogen-bond donors (Lipinski definition) is 4. The van der Waals surface area contributed by atoms with Crippen molar-refractivity contribution in [2.45, 2.75) is 0 Å². The van der Waals surface area contributed by atoms with E-state index in [2.05, 4.69) is 5.64 Å². The average molecular weight is 223 g/mol. The van der Waals surface area contributed by atoms with Gasteiger partial charge in [-0.1, -0.05) is 0 Å². The van der Waals surface area contributed by atoms with E-state index in [-0.39, 0.29) is 150 Å². The molecule has 0 aliphatic carbocycles. The van der Waals surface area contributed by atoms with E-state index in [1.807, 2.05) is 0 Å². The van der Waals surface area contributed by atoms with E-state index in [0.29, 0.717) is 7.98 Å². The maximum absolute atomic E-state index is 4.75. The van der Waals surface area contributed by atoms with Crippen LogP contribution < -0.4 is 125 Å². The van der Waals surface area contributed by atoms with Gasteiger partial charge in [0, 0.05) is 23.9 Å². The van der Waals surface area contributed by atoms with Crippen molar-refractivity contribution < 1.29 is 108 Å². The van der Waals surface area contributed by atoms with Crippen molar-refractivity contribution >= 4 is 55.0 Å². The fraction of sp³-hybridized carbons (Fsp3) is 0. The zero-order valence-corrected chi connectivity index (χ0v) is 12.8. The van der Waals surface area contributed by atoms with E-state index >= 15 is 0 Å². The topological polar surface area (TPSA) is 106 Å². The van der Waals surface area contributed by atoms with Crippen molar-refractivity contribution in [2.24, 2.45) is 16.9 Å². The van der Waals surface area contributed by atoms with Crippen LogP contribution in [-0.2, 0) is 0 Å². The van der Waals surface area contributed by atoms with Crippen molar-refractivity contribution in [1.82, 2.24) is 0 Å². The van der Waals surface area contributed by atoms with Crippen molar-refractivity contribution in [2.75, 3.05) is 0 Å². The van der Waals surface area contributed by atoms with Crippen LogP contribution in [0, 0.1) is 0 Å². The molecule has 0 fully saturated rings. The fourth-order valence-electron chi connectivity index (χ4n) is 0. The molecule has 0 unspecified atom stereocenters. The summed E-state index contributed by atoms with van der Waals surface area (Å²) >= 11 is 0. The molecule has 0 radical (unpaired) electrons. The Balaban J connectivity index is -0.00000000356. The van der Waals surface area contributed by atoms with Crippen LogP contribution in [0.4, 0.5) is 0 Å². The summed E-state index contributed by atoms with van der Waals surface area (Å²) in [6.07, 6.45) is 0. The van der Waals surface area contributed by atoms with Crippen molar-refractivity contribution in [3.05, 3.63) is 0 Å². The largest absolute Gasteiger partial charge is 2.00 e. The van der Waals surface area contributed by atoms with E-state index in [4.69, 9.17) is 16.9 Å². The Morgan fingerprint density at radius 2 is 0.636 bits per heavy atom. The molecule has 9 N–H and O–H groups in total. The molecule has 0 aromatic carbocycles. The Morgan fingerprint density at radius 3 is 0.636 bits per heavy atom. The second kappa shape index (κ2) is 142. The summed E-state index contributed by atoms with van der Waals surface area (Å²) in [5.74, 6) is 0. The van der Waals surface area contributed by atoms with Crippen molar-refractivity contribution in [3.8, 4) is 0 Å². The van der Waals surface area contributed by atoms with Gasteiger partial charge in [0.05, 0.1) is 0 Å². The van der Waals surface area contributed by atoms with Crippen LogP contribution in [0.15, 0.2) is 0 Å². The van der Waals surface area contributed by atoms with Gasteiger partial charge >= 0.3 is 126 Å². The van der Waals surface area contributed by atoms with Gasteiger partial charge in [-0.15, -0.1) is 0 Å². The van der Waals surface area contributed by atoms with E-state index in [1.54, 1.807) is 0 Å². The monoisotopic (exact) mass is 223 g/mol. The Kier molecular flexibility index (Phi) is 592. The summed E-state index contributed by atoms with van der Waals surface area (Å²) in [6.45, 7) is 0. The smallest absolute Gasteiger partial charge is 0.555 e. The molecule has 0 aliphatic rings. The molecule has 0 aliphatic heterocycles. The first-order valence-electron chi connectivity index (χ1n) is 0. The Labute approximate surface area is 176 Å². The van der Waals surface area contributed by atoms with Gasteiger partial charge in [0.1, 0.15) is 0 Å². The minimum atomic E-state index is 0. The van der Waals surface area contributed by atoms with Gasteiger partial charge in [0.25, 0.3) is 0 Å². The van der Waals surface area contributed by atoms with Gasteiger partial charge in [0.15, 0.2) is 7.98 Å². The zero-order chi connectivity index (χ0) is 8.00. The molecule has 0 saturated carbocycles. The summed E-state index contributed by atoms with van der Waals surface area (Å²) in [5, 5.41) is 0. The molecule has 11 heavy (non-hydrogen) atoms. The van der Waals surface area contributed by atoms with Gasteiger partial charge in [-0.05, 0) is 0 Å². The first kappa shape index (κ1) is 45.7. The molecule has 0 aromatic rings. The van der Waals surface area contributed by atoms with Gasteiger partial charge in [-0.2, -0.15) is 0 Å². The first-order chi connectivity index (χ1) is 4.00. The summed E-state index contributed by atoms with van der Waals surface area (Å²) in [4.78, 5) is 0. The molecule has 0 saturated heterocycles. The third-order valence-corrected chi connectivity index (χ3v) is 0. The Hall–Kier alpha value is 4.14. The van der Waals surface area contributed by atoms with E-state index in [0.717, 1.165) is 0 Å². The number of nitrogens with two attached hydrogens (primary N) is 3. The number of quaternary nitrogens is 1. The van der Waals surface area contributed by atoms with Crippen LogP contribution in [0.5, 0.6) is 0 Å². The second-order valence-corrected chi connectivity index (χ2v) is 0. The predicted molar refractivity (Wildman–Crippen MR) is 61.0 cm³/mol. The standard InChI is InChI=1S/BH6N.3BH5N.2K.Mg/c4*1-2;;;/h1-2H3;3*2H2,1H3;;;/q;3*-1;2*+1;+2. The van der Waals surface area contributed by atoms with E-state index in [9.17, 15) is 0 Å². The number of hydrogen-bond acceptors (Lipinski definition) is 3. The van der Waals surface area contributed by atoms with Gasteiger partial charge < -0.3 is 22.6 Å². The molecule has 4 nitrogen and oxygen atoms in total. The second-order valence-electron chi connectivity index (χ2n) is 0. The summed E-state index contributed by atoms with van der Waals surface area (Å²) in [5.41, 5.74) is 17.8. The predicted octanol–water partition coefficient (Wildman–Crippen LogP) is -14.2. The normalized spacial score (nSPS) is 2.18. The zero-order valence-electron chi connectivity index (χ0n) is 5.15. The Morgan fingerprint density at radius 1 is 0.636 bits per heavy atom. The molecule has 0 heterocycles. The molecule has 11 heteroatoms. The molecule has 0 atom stereocenters. The molecule has 0 amide bonds. The maximum atomic E-state index is 4.75. The van der Waals surface area contributed by atoms with Crippen LogP contribution in [0.25, 0.3) is 0 Å². The van der Waals surface area contributed by atoms with Crippen LogP contribution in [-0.4, -0.2) is 55.0 Å².